The first-order valence-electron chi connectivity index (χ1n) is 9.67. The Labute approximate surface area is 183 Å². The van der Waals surface area contributed by atoms with E-state index >= 15 is 0 Å². The number of anilines is 1. The summed E-state index contributed by atoms with van der Waals surface area (Å²) in [7, 11) is 0. The Balaban J connectivity index is 1.91. The average molecular weight is 452 g/mol. The lowest BCUT2D eigenvalue weighted by Gasteiger charge is -2.30. The standard InChI is InChI=1S/C22H24F3N3O2S/c1-20(2,3)17-12-26-11-10-14(17)13-27-19(30)28(18(29)21(27,4)5)15-6-8-16(9-7-15)31-22(23,24)25/h6-12H,13H2,1-5H3. The lowest BCUT2D eigenvalue weighted by Crippen LogP contribution is -2.44. The van der Waals surface area contributed by atoms with Crippen LogP contribution < -0.4 is 4.90 Å². The van der Waals surface area contributed by atoms with Crippen molar-refractivity contribution in [3.8, 4) is 0 Å². The number of imide groups is 1. The van der Waals surface area contributed by atoms with Gasteiger partial charge in [-0.2, -0.15) is 13.2 Å². The molecule has 0 unspecified atom stereocenters. The Hall–Kier alpha value is -2.55. The van der Waals surface area contributed by atoms with Crippen molar-refractivity contribution in [2.24, 2.45) is 0 Å². The second kappa shape index (κ2) is 7.85. The minimum absolute atomic E-state index is 0.0157. The van der Waals surface area contributed by atoms with E-state index in [0.717, 1.165) is 16.0 Å². The molecule has 2 heterocycles. The highest BCUT2D eigenvalue weighted by Gasteiger charge is 2.52. The van der Waals surface area contributed by atoms with Crippen LogP contribution in [0.1, 0.15) is 45.7 Å². The number of benzene rings is 1. The summed E-state index contributed by atoms with van der Waals surface area (Å²) in [6, 6.07) is 6.55. The number of hydrogen-bond donors (Lipinski definition) is 0. The molecular formula is C22H24F3N3O2S. The summed E-state index contributed by atoms with van der Waals surface area (Å²) in [5.74, 6) is -0.430. The molecule has 3 amide bonds. The minimum atomic E-state index is -4.41. The highest BCUT2D eigenvalue weighted by Crippen LogP contribution is 2.39. The second-order valence-corrected chi connectivity index (χ2v) is 10.0. The first-order chi connectivity index (χ1) is 14.2. The van der Waals surface area contributed by atoms with E-state index in [1.807, 2.05) is 26.8 Å². The van der Waals surface area contributed by atoms with E-state index in [1.54, 1.807) is 26.2 Å². The Morgan fingerprint density at radius 1 is 1.03 bits per heavy atom. The molecule has 1 aromatic carbocycles. The van der Waals surface area contributed by atoms with Gasteiger partial charge in [0.1, 0.15) is 5.54 Å². The van der Waals surface area contributed by atoms with Crippen LogP contribution >= 0.6 is 11.8 Å². The number of alkyl halides is 3. The smallest absolute Gasteiger partial charge is 0.305 e. The van der Waals surface area contributed by atoms with Crippen molar-refractivity contribution in [1.29, 1.82) is 0 Å². The van der Waals surface area contributed by atoms with Crippen LogP contribution in [0.3, 0.4) is 0 Å². The number of nitrogens with zero attached hydrogens (tertiary/aromatic N) is 3. The van der Waals surface area contributed by atoms with Crippen LogP contribution in [0, 0.1) is 0 Å². The van der Waals surface area contributed by atoms with Gasteiger partial charge in [-0.15, -0.1) is 0 Å². The van der Waals surface area contributed by atoms with Crippen molar-refractivity contribution in [2.75, 3.05) is 4.90 Å². The normalized spacial score (nSPS) is 16.9. The summed E-state index contributed by atoms with van der Waals surface area (Å²) >= 11 is -0.245. The third kappa shape index (κ3) is 4.71. The van der Waals surface area contributed by atoms with Gasteiger partial charge in [-0.3, -0.25) is 9.78 Å². The van der Waals surface area contributed by atoms with Gasteiger partial charge in [0, 0.05) is 23.8 Å². The first kappa shape index (κ1) is 23.1. The Bertz CT molecular complexity index is 998. The third-order valence-electron chi connectivity index (χ3n) is 5.20. The number of rotatable bonds is 4. The van der Waals surface area contributed by atoms with Crippen molar-refractivity contribution in [3.05, 3.63) is 53.9 Å². The fraction of sp³-hybridized carbons (Fsp3) is 0.409. The molecule has 0 spiro atoms. The van der Waals surface area contributed by atoms with Crippen LogP contribution in [0.15, 0.2) is 47.6 Å². The number of carbonyl (C=O) groups excluding carboxylic acids is 2. The van der Waals surface area contributed by atoms with Crippen molar-refractivity contribution < 1.29 is 22.8 Å². The van der Waals surface area contributed by atoms with Crippen molar-refractivity contribution in [2.45, 2.75) is 62.5 Å². The Kier molecular flexibility index (Phi) is 5.86. The maximum absolute atomic E-state index is 13.2. The van der Waals surface area contributed by atoms with Gasteiger partial charge in [0.2, 0.25) is 0 Å². The Morgan fingerprint density at radius 2 is 1.65 bits per heavy atom. The van der Waals surface area contributed by atoms with Crippen LogP contribution in [-0.4, -0.2) is 32.9 Å². The number of carbonyl (C=O) groups is 2. The molecule has 0 aliphatic carbocycles. The van der Waals surface area contributed by atoms with Gasteiger partial charge in [-0.05, 0) is 72.5 Å². The number of aromatic nitrogens is 1. The molecule has 3 rings (SSSR count). The van der Waals surface area contributed by atoms with Gasteiger partial charge in [0.05, 0.1) is 5.69 Å². The van der Waals surface area contributed by atoms with Crippen LogP contribution in [0.4, 0.5) is 23.7 Å². The van der Waals surface area contributed by atoms with E-state index < -0.39 is 23.0 Å². The van der Waals surface area contributed by atoms with Gasteiger partial charge < -0.3 is 4.90 Å². The molecule has 0 saturated carbocycles. The minimum Gasteiger partial charge on any atom is -0.305 e. The lowest BCUT2D eigenvalue weighted by atomic mass is 9.84. The zero-order valence-electron chi connectivity index (χ0n) is 17.9. The van der Waals surface area contributed by atoms with E-state index in [4.69, 9.17) is 0 Å². The summed E-state index contributed by atoms with van der Waals surface area (Å²) in [4.78, 5) is 33.0. The average Bonchev–Trinajstić information content (AvgIpc) is 2.81. The lowest BCUT2D eigenvalue weighted by molar-refractivity contribution is -0.123. The maximum atomic E-state index is 13.2. The van der Waals surface area contributed by atoms with Crippen molar-refractivity contribution in [1.82, 2.24) is 9.88 Å². The first-order valence-corrected chi connectivity index (χ1v) is 10.5. The zero-order valence-corrected chi connectivity index (χ0v) is 18.8. The quantitative estimate of drug-likeness (QED) is 0.440. The summed E-state index contributed by atoms with van der Waals surface area (Å²) in [6.45, 7) is 9.68. The molecule has 31 heavy (non-hydrogen) atoms. The summed E-state index contributed by atoms with van der Waals surface area (Å²) in [5, 5.41) is 0. The van der Waals surface area contributed by atoms with Gasteiger partial charge in [0.25, 0.3) is 5.91 Å². The number of halogens is 3. The molecule has 2 aromatic rings. The summed E-state index contributed by atoms with van der Waals surface area (Å²) < 4.78 is 37.7. The fourth-order valence-electron chi connectivity index (χ4n) is 3.53. The molecule has 1 aliphatic rings. The number of hydrogen-bond acceptors (Lipinski definition) is 4. The monoisotopic (exact) mass is 451 g/mol. The molecule has 1 aliphatic heterocycles. The van der Waals surface area contributed by atoms with Gasteiger partial charge in [-0.25, -0.2) is 9.69 Å². The van der Waals surface area contributed by atoms with E-state index in [9.17, 15) is 22.8 Å². The molecular weight excluding hydrogens is 427 g/mol. The highest BCUT2D eigenvalue weighted by molar-refractivity contribution is 8.00. The van der Waals surface area contributed by atoms with Gasteiger partial charge >= 0.3 is 11.5 Å². The Morgan fingerprint density at radius 3 is 2.19 bits per heavy atom. The second-order valence-electron chi connectivity index (χ2n) is 8.89. The third-order valence-corrected chi connectivity index (χ3v) is 5.94. The van der Waals surface area contributed by atoms with Crippen molar-refractivity contribution >= 4 is 29.4 Å². The number of thioether (sulfide) groups is 1. The SMILES string of the molecule is CC(C)(C)c1cnccc1CN1C(=O)N(c2ccc(SC(F)(F)F)cc2)C(=O)C1(C)C. The van der Waals surface area contributed by atoms with E-state index in [0.29, 0.717) is 0 Å². The van der Waals surface area contributed by atoms with Crippen molar-refractivity contribution in [3.63, 3.8) is 0 Å². The number of pyridine rings is 1. The molecule has 5 nitrogen and oxygen atoms in total. The predicted octanol–water partition coefficient (Wildman–Crippen LogP) is 5.74. The van der Waals surface area contributed by atoms with Crippen LogP contribution in [-0.2, 0) is 16.8 Å². The van der Waals surface area contributed by atoms with E-state index in [1.165, 1.54) is 29.2 Å². The fourth-order valence-corrected chi connectivity index (χ4v) is 4.07. The summed E-state index contributed by atoms with van der Waals surface area (Å²) in [5.41, 5.74) is -3.63. The van der Waals surface area contributed by atoms with Crippen LogP contribution in [0.5, 0.6) is 0 Å². The maximum Gasteiger partial charge on any atom is 0.446 e. The number of amides is 3. The summed E-state index contributed by atoms with van der Waals surface area (Å²) in [6.07, 6.45) is 3.41. The van der Waals surface area contributed by atoms with E-state index in [-0.39, 0.29) is 34.3 Å². The molecule has 0 N–H and O–H groups in total. The molecule has 1 fully saturated rings. The van der Waals surface area contributed by atoms with E-state index in [2.05, 4.69) is 4.98 Å². The van der Waals surface area contributed by atoms with Gasteiger partial charge in [0.15, 0.2) is 0 Å². The zero-order chi connectivity index (χ0) is 23.2. The molecule has 166 valence electrons. The van der Waals surface area contributed by atoms with Gasteiger partial charge in [-0.1, -0.05) is 20.8 Å². The molecule has 1 aromatic heterocycles. The van der Waals surface area contributed by atoms with Crippen LogP contribution in [0.2, 0.25) is 0 Å². The highest BCUT2D eigenvalue weighted by atomic mass is 32.2. The van der Waals surface area contributed by atoms with Crippen LogP contribution in [0.25, 0.3) is 0 Å². The molecule has 0 radical (unpaired) electrons. The molecule has 1 saturated heterocycles. The predicted molar refractivity (Wildman–Crippen MR) is 114 cm³/mol. The largest absolute Gasteiger partial charge is 0.446 e. The molecule has 0 bridgehead atoms. The molecule has 0 atom stereocenters. The topological polar surface area (TPSA) is 53.5 Å². The number of urea groups is 1. The molecule has 9 heteroatoms.